The molecule has 1 saturated heterocycles. The van der Waals surface area contributed by atoms with Crippen LogP contribution < -0.4 is 5.32 Å². The zero-order chi connectivity index (χ0) is 18.5. The number of carbonyl (C=O) groups is 1. The Labute approximate surface area is 158 Å². The summed E-state index contributed by atoms with van der Waals surface area (Å²) in [6.45, 7) is 5.57. The third kappa shape index (κ3) is 4.80. The lowest BCUT2D eigenvalue weighted by Gasteiger charge is -2.34. The number of rotatable bonds is 5. The van der Waals surface area contributed by atoms with E-state index in [1.54, 1.807) is 4.90 Å². The number of carbonyl (C=O) groups excluding carboxylic acids is 1. The lowest BCUT2D eigenvalue weighted by Crippen LogP contribution is -2.43. The molecule has 26 heavy (non-hydrogen) atoms. The number of aliphatic hydroxyl groups is 1. The highest BCUT2D eigenvalue weighted by Crippen LogP contribution is 2.25. The number of nitrogens with zero attached hydrogens (tertiary/aromatic N) is 3. The van der Waals surface area contributed by atoms with Gasteiger partial charge in [0.2, 0.25) is 5.13 Å². The molecular weight excluding hydrogens is 348 g/mol. The summed E-state index contributed by atoms with van der Waals surface area (Å²) < 4.78 is 4.31. The molecule has 3 rings (SSSR count). The van der Waals surface area contributed by atoms with Crippen LogP contribution >= 0.6 is 11.5 Å². The van der Waals surface area contributed by atoms with Crippen LogP contribution in [0, 0.1) is 11.8 Å². The average Bonchev–Trinajstić information content (AvgIpc) is 3.10. The topological polar surface area (TPSA) is 78.4 Å². The summed E-state index contributed by atoms with van der Waals surface area (Å²) in [5.41, 5.74) is 0.934. The van der Waals surface area contributed by atoms with Gasteiger partial charge in [-0.2, -0.15) is 9.36 Å². The van der Waals surface area contributed by atoms with Crippen molar-refractivity contribution in [3.63, 3.8) is 0 Å². The Kier molecular flexibility index (Phi) is 6.21. The van der Waals surface area contributed by atoms with E-state index in [1.807, 2.05) is 30.3 Å². The number of aromatic nitrogens is 2. The van der Waals surface area contributed by atoms with Crippen molar-refractivity contribution in [1.29, 1.82) is 0 Å². The quantitative estimate of drug-likeness (QED) is 0.833. The van der Waals surface area contributed by atoms with Crippen molar-refractivity contribution in [3.05, 3.63) is 30.3 Å². The smallest absolute Gasteiger partial charge is 0.323 e. The minimum absolute atomic E-state index is 0.141. The zero-order valence-corrected chi connectivity index (χ0v) is 16.1. The standard InChI is InChI=1S/C19H26N4O2S/c1-13(2)12-16(24)14-8-10-23(11-9-14)19(25)21-18-20-17(22-26-18)15-6-4-3-5-7-15/h3-7,13-14,16,24H,8-12H2,1-2H3,(H,20,21,22,25)/t16-/m1/s1. The van der Waals surface area contributed by atoms with Gasteiger partial charge in [-0.05, 0) is 31.1 Å². The van der Waals surface area contributed by atoms with Gasteiger partial charge in [-0.1, -0.05) is 44.2 Å². The molecule has 7 heteroatoms. The molecule has 1 atom stereocenters. The molecule has 0 saturated carbocycles. The van der Waals surface area contributed by atoms with E-state index in [1.165, 1.54) is 11.5 Å². The van der Waals surface area contributed by atoms with Crippen LogP contribution in [0.3, 0.4) is 0 Å². The van der Waals surface area contributed by atoms with E-state index in [0.29, 0.717) is 30.0 Å². The molecule has 140 valence electrons. The molecule has 1 aromatic heterocycles. The Morgan fingerprint density at radius 1 is 1.31 bits per heavy atom. The number of hydrogen-bond donors (Lipinski definition) is 2. The summed E-state index contributed by atoms with van der Waals surface area (Å²) in [5.74, 6) is 1.40. The molecule has 0 spiro atoms. The third-order valence-electron chi connectivity index (χ3n) is 4.76. The number of benzene rings is 1. The molecule has 0 aliphatic carbocycles. The van der Waals surface area contributed by atoms with Crippen LogP contribution in [0.1, 0.15) is 33.1 Å². The van der Waals surface area contributed by atoms with Gasteiger partial charge < -0.3 is 10.0 Å². The van der Waals surface area contributed by atoms with Crippen LogP contribution in [0.5, 0.6) is 0 Å². The van der Waals surface area contributed by atoms with Gasteiger partial charge in [0.15, 0.2) is 5.82 Å². The molecular formula is C19H26N4O2S. The van der Waals surface area contributed by atoms with Crippen molar-refractivity contribution in [1.82, 2.24) is 14.3 Å². The largest absolute Gasteiger partial charge is 0.393 e. The number of likely N-dealkylation sites (tertiary alicyclic amines) is 1. The van der Waals surface area contributed by atoms with E-state index >= 15 is 0 Å². The molecule has 1 aromatic carbocycles. The second kappa shape index (κ2) is 8.60. The number of aliphatic hydroxyl groups excluding tert-OH is 1. The van der Waals surface area contributed by atoms with Crippen LogP contribution in [0.25, 0.3) is 11.4 Å². The summed E-state index contributed by atoms with van der Waals surface area (Å²) in [6, 6.07) is 9.57. The SMILES string of the molecule is CC(C)C[C@@H](O)C1CCN(C(=O)Nc2nc(-c3ccccc3)ns2)CC1. The van der Waals surface area contributed by atoms with Crippen LogP contribution in [-0.4, -0.2) is 44.6 Å². The Morgan fingerprint density at radius 2 is 2.00 bits per heavy atom. The summed E-state index contributed by atoms with van der Waals surface area (Å²) in [4.78, 5) is 18.7. The lowest BCUT2D eigenvalue weighted by atomic mass is 9.87. The van der Waals surface area contributed by atoms with Crippen LogP contribution in [0.2, 0.25) is 0 Å². The maximum absolute atomic E-state index is 12.5. The second-order valence-electron chi connectivity index (χ2n) is 7.24. The first-order valence-electron chi connectivity index (χ1n) is 9.16. The second-order valence-corrected chi connectivity index (χ2v) is 7.99. The van der Waals surface area contributed by atoms with Crippen molar-refractivity contribution in [2.75, 3.05) is 18.4 Å². The average molecular weight is 375 g/mol. The molecule has 1 aliphatic heterocycles. The molecule has 0 bridgehead atoms. The molecule has 1 fully saturated rings. The van der Waals surface area contributed by atoms with Gasteiger partial charge in [-0.15, -0.1) is 0 Å². The third-order valence-corrected chi connectivity index (χ3v) is 5.39. The maximum Gasteiger partial charge on any atom is 0.323 e. The van der Waals surface area contributed by atoms with Crippen molar-refractivity contribution in [2.45, 2.75) is 39.2 Å². The summed E-state index contributed by atoms with van der Waals surface area (Å²) in [7, 11) is 0. The van der Waals surface area contributed by atoms with E-state index in [-0.39, 0.29) is 18.1 Å². The van der Waals surface area contributed by atoms with E-state index in [0.717, 1.165) is 24.8 Å². The Balaban J connectivity index is 1.51. The first-order valence-corrected chi connectivity index (χ1v) is 9.93. The van der Waals surface area contributed by atoms with Crippen LogP contribution in [0.15, 0.2) is 30.3 Å². The van der Waals surface area contributed by atoms with Crippen LogP contribution in [-0.2, 0) is 0 Å². The normalized spacial score (nSPS) is 16.7. The number of hydrogen-bond acceptors (Lipinski definition) is 5. The molecule has 2 N–H and O–H groups in total. The Hall–Kier alpha value is -1.99. The summed E-state index contributed by atoms with van der Waals surface area (Å²) in [6.07, 6.45) is 2.24. The van der Waals surface area contributed by atoms with E-state index < -0.39 is 0 Å². The number of nitrogens with one attached hydrogen (secondary N) is 1. The van der Waals surface area contributed by atoms with Crippen LogP contribution in [0.4, 0.5) is 9.93 Å². The molecule has 0 radical (unpaired) electrons. The number of urea groups is 1. The van der Waals surface area contributed by atoms with E-state index in [4.69, 9.17) is 0 Å². The fourth-order valence-corrected chi connectivity index (χ4v) is 3.89. The van der Waals surface area contributed by atoms with Gasteiger partial charge >= 0.3 is 6.03 Å². The van der Waals surface area contributed by atoms with Crippen molar-refractivity contribution in [3.8, 4) is 11.4 Å². The van der Waals surface area contributed by atoms with Crippen molar-refractivity contribution < 1.29 is 9.90 Å². The maximum atomic E-state index is 12.5. The minimum Gasteiger partial charge on any atom is -0.393 e. The monoisotopic (exact) mass is 374 g/mol. The number of anilines is 1. The molecule has 2 amide bonds. The van der Waals surface area contributed by atoms with Gasteiger partial charge in [-0.25, -0.2) is 4.79 Å². The van der Waals surface area contributed by atoms with Gasteiger partial charge in [0.1, 0.15) is 0 Å². The predicted molar refractivity (Wildman–Crippen MR) is 104 cm³/mol. The highest BCUT2D eigenvalue weighted by molar-refractivity contribution is 7.10. The van der Waals surface area contributed by atoms with Crippen molar-refractivity contribution >= 4 is 22.7 Å². The fourth-order valence-electron chi connectivity index (χ4n) is 3.31. The van der Waals surface area contributed by atoms with E-state index in [2.05, 4.69) is 28.5 Å². The molecule has 2 heterocycles. The fraction of sp³-hybridized carbons (Fsp3) is 0.526. The predicted octanol–water partition coefficient (Wildman–Crippen LogP) is 3.86. The Morgan fingerprint density at radius 3 is 2.65 bits per heavy atom. The summed E-state index contributed by atoms with van der Waals surface area (Å²) in [5, 5.41) is 13.6. The zero-order valence-electron chi connectivity index (χ0n) is 15.3. The van der Waals surface area contributed by atoms with Gasteiger partial charge in [0.25, 0.3) is 0 Å². The highest BCUT2D eigenvalue weighted by Gasteiger charge is 2.28. The number of piperidine rings is 1. The van der Waals surface area contributed by atoms with Gasteiger partial charge in [0.05, 0.1) is 6.10 Å². The lowest BCUT2D eigenvalue weighted by molar-refractivity contribution is 0.0534. The van der Waals surface area contributed by atoms with Gasteiger partial charge in [-0.3, -0.25) is 5.32 Å². The summed E-state index contributed by atoms with van der Waals surface area (Å²) >= 11 is 1.19. The molecule has 1 aliphatic rings. The number of amides is 2. The van der Waals surface area contributed by atoms with Crippen molar-refractivity contribution in [2.24, 2.45) is 11.8 Å². The molecule has 0 unspecified atom stereocenters. The minimum atomic E-state index is -0.267. The molecule has 2 aromatic rings. The van der Waals surface area contributed by atoms with Gasteiger partial charge in [0, 0.05) is 30.2 Å². The Bertz CT molecular complexity index is 711. The van der Waals surface area contributed by atoms with E-state index in [9.17, 15) is 9.90 Å². The molecule has 6 nitrogen and oxygen atoms in total. The highest BCUT2D eigenvalue weighted by atomic mass is 32.1. The first kappa shape index (κ1) is 18.8. The first-order chi connectivity index (χ1) is 12.5.